The molecule has 1 atom stereocenters. The number of urea groups is 1. The van der Waals surface area contributed by atoms with Crippen molar-refractivity contribution in [3.8, 4) is 0 Å². The molecule has 1 rings (SSSR count). The number of thioether (sulfide) groups is 1. The first-order valence-corrected chi connectivity index (χ1v) is 7.38. The molecule has 1 unspecified atom stereocenters. The smallest absolute Gasteiger partial charge is 0.319 e. The van der Waals surface area contributed by atoms with Crippen LogP contribution in [0.5, 0.6) is 0 Å². The number of aliphatic hydroxyl groups excluding tert-OH is 1. The van der Waals surface area contributed by atoms with Crippen molar-refractivity contribution in [1.29, 1.82) is 0 Å². The summed E-state index contributed by atoms with van der Waals surface area (Å²) in [4.78, 5) is 12.9. The number of carbonyl (C=O) groups excluding carboxylic acids is 1. The van der Waals surface area contributed by atoms with E-state index < -0.39 is 0 Å². The second kappa shape index (κ2) is 8.07. The van der Waals surface area contributed by atoms with Crippen molar-refractivity contribution in [2.45, 2.75) is 43.4 Å². The second-order valence-corrected chi connectivity index (χ2v) is 6.17. The number of amides is 2. The van der Waals surface area contributed by atoms with Crippen LogP contribution in [-0.2, 0) is 0 Å². The zero-order valence-corrected chi connectivity index (χ0v) is 12.5. The Labute approximate surface area is 119 Å². The summed E-state index contributed by atoms with van der Waals surface area (Å²) >= 11 is 1.71. The predicted molar refractivity (Wildman–Crippen MR) is 80.8 cm³/mol. The molecule has 0 fully saturated rings. The maximum absolute atomic E-state index is 11.8. The predicted octanol–water partition coefficient (Wildman–Crippen LogP) is 3.08. The van der Waals surface area contributed by atoms with Gasteiger partial charge in [-0.1, -0.05) is 32.9 Å². The SMILES string of the molecule is CCC(CO)NC(=O)Nc1ccccc1SC(C)C. The molecule has 0 bridgehead atoms. The number of rotatable bonds is 6. The Kier molecular flexibility index (Phi) is 6.73. The standard InChI is InChI=1S/C14H22N2O2S/c1-4-11(9-17)15-14(18)16-12-7-5-6-8-13(12)19-10(2)3/h5-8,10-11,17H,4,9H2,1-3H3,(H2,15,16,18). The highest BCUT2D eigenvalue weighted by atomic mass is 32.2. The van der Waals surface area contributed by atoms with E-state index >= 15 is 0 Å². The quantitative estimate of drug-likeness (QED) is 0.703. The summed E-state index contributed by atoms with van der Waals surface area (Å²) in [5.41, 5.74) is 0.798. The van der Waals surface area contributed by atoms with E-state index in [2.05, 4.69) is 24.5 Å². The third kappa shape index (κ3) is 5.53. The van der Waals surface area contributed by atoms with E-state index in [1.807, 2.05) is 31.2 Å². The van der Waals surface area contributed by atoms with Gasteiger partial charge in [-0.25, -0.2) is 4.79 Å². The number of aliphatic hydroxyl groups is 1. The Balaban J connectivity index is 2.68. The van der Waals surface area contributed by atoms with Gasteiger partial charge in [0.1, 0.15) is 0 Å². The van der Waals surface area contributed by atoms with Crippen LogP contribution in [-0.4, -0.2) is 29.0 Å². The molecule has 0 aromatic heterocycles. The molecule has 4 nitrogen and oxygen atoms in total. The van der Waals surface area contributed by atoms with Crippen LogP contribution in [0.3, 0.4) is 0 Å². The lowest BCUT2D eigenvalue weighted by Gasteiger charge is -2.16. The van der Waals surface area contributed by atoms with Crippen LogP contribution >= 0.6 is 11.8 Å². The van der Waals surface area contributed by atoms with E-state index in [9.17, 15) is 4.79 Å². The first-order valence-electron chi connectivity index (χ1n) is 6.50. The molecule has 0 spiro atoms. The molecule has 0 radical (unpaired) electrons. The summed E-state index contributed by atoms with van der Waals surface area (Å²) in [5, 5.41) is 15.1. The monoisotopic (exact) mass is 282 g/mol. The van der Waals surface area contributed by atoms with Crippen molar-refractivity contribution in [3.63, 3.8) is 0 Å². The van der Waals surface area contributed by atoms with Crippen LogP contribution in [0.25, 0.3) is 0 Å². The normalized spacial score (nSPS) is 12.3. The number of benzene rings is 1. The lowest BCUT2D eigenvalue weighted by molar-refractivity contribution is 0.222. The molecule has 0 saturated carbocycles. The van der Waals surface area contributed by atoms with Gasteiger partial charge in [0, 0.05) is 10.1 Å². The van der Waals surface area contributed by atoms with Crippen molar-refractivity contribution in [2.24, 2.45) is 0 Å². The molecule has 1 aromatic rings. The summed E-state index contributed by atoms with van der Waals surface area (Å²) in [6, 6.07) is 7.23. The second-order valence-electron chi connectivity index (χ2n) is 4.55. The molecule has 106 valence electrons. The fourth-order valence-electron chi connectivity index (χ4n) is 1.55. The summed E-state index contributed by atoms with van der Waals surface area (Å²) in [5.74, 6) is 0. The van der Waals surface area contributed by atoms with Gasteiger partial charge in [0.2, 0.25) is 0 Å². The van der Waals surface area contributed by atoms with Gasteiger partial charge in [0.05, 0.1) is 18.3 Å². The zero-order chi connectivity index (χ0) is 14.3. The van der Waals surface area contributed by atoms with Crippen LogP contribution in [0, 0.1) is 0 Å². The number of carbonyl (C=O) groups is 1. The van der Waals surface area contributed by atoms with Crippen LogP contribution in [0.2, 0.25) is 0 Å². The molecule has 0 heterocycles. The minimum atomic E-state index is -0.280. The molecular weight excluding hydrogens is 260 g/mol. The molecule has 0 aliphatic rings. The highest BCUT2D eigenvalue weighted by Gasteiger charge is 2.11. The number of para-hydroxylation sites is 1. The maximum Gasteiger partial charge on any atom is 0.319 e. The van der Waals surface area contributed by atoms with Gasteiger partial charge in [0.25, 0.3) is 0 Å². The van der Waals surface area contributed by atoms with Gasteiger partial charge in [-0.2, -0.15) is 0 Å². The number of hydrogen-bond acceptors (Lipinski definition) is 3. The summed E-state index contributed by atoms with van der Waals surface area (Å²) in [6.07, 6.45) is 0.701. The third-order valence-corrected chi connectivity index (χ3v) is 3.63. The van der Waals surface area contributed by atoms with Crippen molar-refractivity contribution in [3.05, 3.63) is 24.3 Å². The van der Waals surface area contributed by atoms with E-state index in [-0.39, 0.29) is 18.7 Å². The largest absolute Gasteiger partial charge is 0.394 e. The van der Waals surface area contributed by atoms with Gasteiger partial charge >= 0.3 is 6.03 Å². The Morgan fingerprint density at radius 2 is 2.05 bits per heavy atom. The van der Waals surface area contributed by atoms with E-state index in [0.717, 1.165) is 10.6 Å². The molecule has 2 amide bonds. The van der Waals surface area contributed by atoms with E-state index in [0.29, 0.717) is 11.7 Å². The van der Waals surface area contributed by atoms with Crippen molar-refractivity contribution in [2.75, 3.05) is 11.9 Å². The van der Waals surface area contributed by atoms with Crippen molar-refractivity contribution >= 4 is 23.5 Å². The Hall–Kier alpha value is -1.20. The summed E-state index contributed by atoms with van der Waals surface area (Å²) < 4.78 is 0. The molecule has 5 heteroatoms. The maximum atomic E-state index is 11.8. The summed E-state index contributed by atoms with van der Waals surface area (Å²) in [6.45, 7) is 6.09. The molecule has 1 aromatic carbocycles. The minimum absolute atomic E-state index is 0.0493. The van der Waals surface area contributed by atoms with Gasteiger partial charge in [-0.15, -0.1) is 11.8 Å². The van der Waals surface area contributed by atoms with E-state index in [1.54, 1.807) is 11.8 Å². The molecule has 0 aliphatic heterocycles. The zero-order valence-electron chi connectivity index (χ0n) is 11.6. The fraction of sp³-hybridized carbons (Fsp3) is 0.500. The molecular formula is C14H22N2O2S. The average molecular weight is 282 g/mol. The van der Waals surface area contributed by atoms with Gasteiger partial charge in [-0.05, 0) is 18.6 Å². The van der Waals surface area contributed by atoms with Crippen LogP contribution in [0.4, 0.5) is 10.5 Å². The van der Waals surface area contributed by atoms with Crippen LogP contribution < -0.4 is 10.6 Å². The molecule has 0 aliphatic carbocycles. The van der Waals surface area contributed by atoms with Crippen LogP contribution in [0.1, 0.15) is 27.2 Å². The fourth-order valence-corrected chi connectivity index (χ4v) is 2.46. The Morgan fingerprint density at radius 3 is 2.63 bits per heavy atom. The third-order valence-electron chi connectivity index (χ3n) is 2.55. The molecule has 19 heavy (non-hydrogen) atoms. The highest BCUT2D eigenvalue weighted by Crippen LogP contribution is 2.29. The minimum Gasteiger partial charge on any atom is -0.394 e. The van der Waals surface area contributed by atoms with E-state index in [4.69, 9.17) is 5.11 Å². The topological polar surface area (TPSA) is 61.4 Å². The Morgan fingerprint density at radius 1 is 1.37 bits per heavy atom. The first-order chi connectivity index (χ1) is 9.06. The number of nitrogens with one attached hydrogen (secondary N) is 2. The van der Waals surface area contributed by atoms with E-state index in [1.165, 1.54) is 0 Å². The lowest BCUT2D eigenvalue weighted by Crippen LogP contribution is -2.39. The van der Waals surface area contributed by atoms with Gasteiger partial charge in [0.15, 0.2) is 0 Å². The van der Waals surface area contributed by atoms with Crippen LogP contribution in [0.15, 0.2) is 29.2 Å². The number of hydrogen-bond donors (Lipinski definition) is 3. The highest BCUT2D eigenvalue weighted by molar-refractivity contribution is 8.00. The Bertz CT molecular complexity index is 406. The van der Waals surface area contributed by atoms with Gasteiger partial charge in [-0.3, -0.25) is 0 Å². The summed E-state index contributed by atoms with van der Waals surface area (Å²) in [7, 11) is 0. The molecule has 3 N–H and O–H groups in total. The molecule has 0 saturated heterocycles. The lowest BCUT2D eigenvalue weighted by atomic mass is 10.2. The first kappa shape index (κ1) is 15.9. The van der Waals surface area contributed by atoms with Crippen molar-refractivity contribution in [1.82, 2.24) is 5.32 Å². The number of anilines is 1. The average Bonchev–Trinajstić information content (AvgIpc) is 2.37. The van der Waals surface area contributed by atoms with Crippen molar-refractivity contribution < 1.29 is 9.90 Å². The van der Waals surface area contributed by atoms with Gasteiger partial charge < -0.3 is 15.7 Å².